The highest BCUT2D eigenvalue weighted by molar-refractivity contribution is 7.89. The van der Waals surface area contributed by atoms with Gasteiger partial charge < -0.3 is 9.84 Å². The number of benzene rings is 2. The maximum absolute atomic E-state index is 12.8. The summed E-state index contributed by atoms with van der Waals surface area (Å²) in [7, 11) is -3.63. The highest BCUT2D eigenvalue weighted by atomic mass is 35.5. The van der Waals surface area contributed by atoms with Crippen molar-refractivity contribution in [3.63, 3.8) is 0 Å². The van der Waals surface area contributed by atoms with Gasteiger partial charge in [-0.2, -0.15) is 9.29 Å². The zero-order chi connectivity index (χ0) is 21.8. The van der Waals surface area contributed by atoms with Crippen molar-refractivity contribution in [3.8, 4) is 11.4 Å². The van der Waals surface area contributed by atoms with Crippen LogP contribution in [0.5, 0.6) is 0 Å². The van der Waals surface area contributed by atoms with E-state index in [1.54, 1.807) is 48.5 Å². The van der Waals surface area contributed by atoms with Crippen LogP contribution < -0.4 is 5.32 Å². The van der Waals surface area contributed by atoms with Crippen LogP contribution in [0.3, 0.4) is 0 Å². The van der Waals surface area contributed by atoms with Gasteiger partial charge >= 0.3 is 0 Å². The lowest BCUT2D eigenvalue weighted by atomic mass is 9.99. The summed E-state index contributed by atoms with van der Waals surface area (Å²) in [6.07, 6.45) is 1.22. The van der Waals surface area contributed by atoms with Gasteiger partial charge in [-0.1, -0.05) is 47.1 Å². The van der Waals surface area contributed by atoms with Crippen LogP contribution >= 0.6 is 11.6 Å². The smallest absolute Gasteiger partial charge is 0.246 e. The maximum Gasteiger partial charge on any atom is 0.246 e. The van der Waals surface area contributed by atoms with E-state index in [4.69, 9.17) is 16.1 Å². The Labute approximate surface area is 185 Å². The minimum atomic E-state index is -3.63. The predicted octanol–water partition coefficient (Wildman–Crippen LogP) is 3.11. The van der Waals surface area contributed by atoms with Gasteiger partial charge in [-0.05, 0) is 37.1 Å². The Morgan fingerprint density at radius 2 is 1.90 bits per heavy atom. The molecule has 1 aromatic heterocycles. The molecule has 0 saturated carbocycles. The second-order valence-corrected chi connectivity index (χ2v) is 9.57. The van der Waals surface area contributed by atoms with Gasteiger partial charge in [0.15, 0.2) is 0 Å². The first-order valence-electron chi connectivity index (χ1n) is 9.85. The molecule has 162 valence electrons. The first kappa shape index (κ1) is 21.5. The van der Waals surface area contributed by atoms with Crippen LogP contribution in [-0.2, 0) is 21.4 Å². The van der Waals surface area contributed by atoms with Crippen molar-refractivity contribution in [2.45, 2.75) is 24.3 Å². The fraction of sp³-hybridized carbons (Fsp3) is 0.286. The highest BCUT2D eigenvalue weighted by Crippen LogP contribution is 2.26. The van der Waals surface area contributed by atoms with E-state index >= 15 is 0 Å². The largest absolute Gasteiger partial charge is 0.347 e. The monoisotopic (exact) mass is 460 g/mol. The standard InChI is InChI=1S/C21H21ClN4O4S/c22-18-11-5-4-10-17(18)20-24-19(30-25-20)13-23-21(27)15-7-6-12-26(14-15)31(28,29)16-8-2-1-3-9-16/h1-5,8-11,15H,6-7,12-14H2,(H,23,27)/t15-/m1/s1. The van der Waals surface area contributed by atoms with E-state index < -0.39 is 15.9 Å². The first-order valence-corrected chi connectivity index (χ1v) is 11.7. The van der Waals surface area contributed by atoms with Crippen LogP contribution in [-0.4, -0.2) is 41.9 Å². The van der Waals surface area contributed by atoms with E-state index in [-0.39, 0.29) is 29.8 Å². The summed E-state index contributed by atoms with van der Waals surface area (Å²) < 4.78 is 32.3. The number of hydrogen-bond donors (Lipinski definition) is 1. The molecule has 0 bridgehead atoms. The second kappa shape index (κ2) is 9.17. The molecule has 0 unspecified atom stereocenters. The Morgan fingerprint density at radius 3 is 2.68 bits per heavy atom. The molecule has 4 rings (SSSR count). The Hall–Kier alpha value is -2.75. The number of carbonyl (C=O) groups excluding carboxylic acids is 1. The molecule has 2 aromatic carbocycles. The van der Waals surface area contributed by atoms with Crippen LogP contribution in [0, 0.1) is 5.92 Å². The van der Waals surface area contributed by atoms with E-state index in [1.165, 1.54) is 4.31 Å². The molecule has 0 aliphatic carbocycles. The molecule has 1 aliphatic rings. The third-order valence-electron chi connectivity index (χ3n) is 5.13. The lowest BCUT2D eigenvalue weighted by molar-refractivity contribution is -0.126. The Morgan fingerprint density at radius 1 is 1.16 bits per heavy atom. The molecule has 1 atom stereocenters. The van der Waals surface area contributed by atoms with Crippen molar-refractivity contribution in [2.24, 2.45) is 5.92 Å². The molecule has 1 amide bonds. The molecular weight excluding hydrogens is 440 g/mol. The molecule has 0 spiro atoms. The van der Waals surface area contributed by atoms with Gasteiger partial charge in [0.05, 0.1) is 22.4 Å². The number of nitrogens with zero attached hydrogens (tertiary/aromatic N) is 3. The van der Waals surface area contributed by atoms with Gasteiger partial charge in [0.25, 0.3) is 0 Å². The average Bonchev–Trinajstić information content (AvgIpc) is 3.27. The summed E-state index contributed by atoms with van der Waals surface area (Å²) in [4.78, 5) is 17.2. The minimum absolute atomic E-state index is 0.0538. The minimum Gasteiger partial charge on any atom is -0.347 e. The maximum atomic E-state index is 12.8. The van der Waals surface area contributed by atoms with Crippen molar-refractivity contribution in [1.29, 1.82) is 0 Å². The predicted molar refractivity (Wildman–Crippen MR) is 115 cm³/mol. The summed E-state index contributed by atoms with van der Waals surface area (Å²) in [5, 5.41) is 7.18. The first-order chi connectivity index (χ1) is 14.9. The van der Waals surface area contributed by atoms with Gasteiger partial charge in [0.2, 0.25) is 27.6 Å². The third kappa shape index (κ3) is 4.79. The van der Waals surface area contributed by atoms with Crippen molar-refractivity contribution < 1.29 is 17.7 Å². The van der Waals surface area contributed by atoms with Crippen molar-refractivity contribution in [2.75, 3.05) is 13.1 Å². The zero-order valence-corrected chi connectivity index (χ0v) is 18.1. The molecule has 31 heavy (non-hydrogen) atoms. The van der Waals surface area contributed by atoms with Gasteiger partial charge in [-0.3, -0.25) is 4.79 Å². The summed E-state index contributed by atoms with van der Waals surface area (Å²) in [5.41, 5.74) is 0.638. The summed E-state index contributed by atoms with van der Waals surface area (Å²) in [5.74, 6) is -0.107. The molecule has 1 aliphatic heterocycles. The zero-order valence-electron chi connectivity index (χ0n) is 16.6. The number of halogens is 1. The molecule has 1 fully saturated rings. The van der Waals surface area contributed by atoms with E-state index in [9.17, 15) is 13.2 Å². The van der Waals surface area contributed by atoms with Crippen LogP contribution in [0.25, 0.3) is 11.4 Å². The molecule has 10 heteroatoms. The molecule has 0 radical (unpaired) electrons. The van der Waals surface area contributed by atoms with Gasteiger partial charge in [0.1, 0.15) is 0 Å². The molecule has 1 saturated heterocycles. The SMILES string of the molecule is O=C(NCc1nc(-c2ccccc2Cl)no1)[C@@H]1CCCN(S(=O)(=O)c2ccccc2)C1. The normalized spacial score (nSPS) is 17.4. The summed E-state index contributed by atoms with van der Waals surface area (Å²) in [6.45, 7) is 0.585. The Bertz CT molecular complexity index is 1170. The third-order valence-corrected chi connectivity index (χ3v) is 7.34. The molecule has 8 nitrogen and oxygen atoms in total. The number of nitrogens with one attached hydrogen (secondary N) is 1. The van der Waals surface area contributed by atoms with Gasteiger partial charge in [0, 0.05) is 18.7 Å². The van der Waals surface area contributed by atoms with Crippen LogP contribution in [0.4, 0.5) is 0 Å². The lowest BCUT2D eigenvalue weighted by Gasteiger charge is -2.31. The van der Waals surface area contributed by atoms with Crippen molar-refractivity contribution in [3.05, 3.63) is 65.5 Å². The Kier molecular flexibility index (Phi) is 6.35. The fourth-order valence-electron chi connectivity index (χ4n) is 3.50. The quantitative estimate of drug-likeness (QED) is 0.606. The van der Waals surface area contributed by atoms with E-state index in [0.29, 0.717) is 35.8 Å². The van der Waals surface area contributed by atoms with Crippen LogP contribution in [0.15, 0.2) is 64.0 Å². The van der Waals surface area contributed by atoms with Gasteiger partial charge in [-0.15, -0.1) is 0 Å². The highest BCUT2D eigenvalue weighted by Gasteiger charge is 2.33. The summed E-state index contributed by atoms with van der Waals surface area (Å²) >= 11 is 6.15. The number of sulfonamides is 1. The Balaban J connectivity index is 1.38. The topological polar surface area (TPSA) is 105 Å². The summed E-state index contributed by atoms with van der Waals surface area (Å²) in [6, 6.07) is 15.4. The average molecular weight is 461 g/mol. The lowest BCUT2D eigenvalue weighted by Crippen LogP contribution is -2.45. The van der Waals surface area contributed by atoms with E-state index in [1.807, 2.05) is 6.07 Å². The van der Waals surface area contributed by atoms with E-state index in [0.717, 1.165) is 0 Å². The number of hydrogen-bond acceptors (Lipinski definition) is 6. The molecule has 2 heterocycles. The van der Waals surface area contributed by atoms with Crippen molar-refractivity contribution in [1.82, 2.24) is 19.8 Å². The number of rotatable bonds is 6. The fourth-order valence-corrected chi connectivity index (χ4v) is 5.27. The van der Waals surface area contributed by atoms with Crippen LogP contribution in [0.2, 0.25) is 5.02 Å². The number of carbonyl (C=O) groups is 1. The number of piperidine rings is 1. The second-order valence-electron chi connectivity index (χ2n) is 7.22. The van der Waals surface area contributed by atoms with Gasteiger partial charge in [-0.25, -0.2) is 8.42 Å². The number of aromatic nitrogens is 2. The van der Waals surface area contributed by atoms with E-state index in [2.05, 4.69) is 15.5 Å². The van der Waals surface area contributed by atoms with Crippen molar-refractivity contribution >= 4 is 27.5 Å². The van der Waals surface area contributed by atoms with Crippen LogP contribution in [0.1, 0.15) is 18.7 Å². The molecular formula is C21H21ClN4O4S. The number of amides is 1. The molecule has 1 N–H and O–H groups in total. The molecule has 3 aromatic rings.